The Morgan fingerprint density at radius 3 is 0.949 bits per heavy atom. The quantitative estimate of drug-likeness (QED) is 0.0211. The van der Waals surface area contributed by atoms with Crippen molar-refractivity contribution in [3.8, 4) is 0 Å². The van der Waals surface area contributed by atoms with Crippen molar-refractivity contribution < 1.29 is 42.1 Å². The summed E-state index contributed by atoms with van der Waals surface area (Å²) in [6.07, 6.45) is 73.2. The van der Waals surface area contributed by atoms with Gasteiger partial charge in [0.2, 0.25) is 0 Å². The Morgan fingerprint density at radius 2 is 0.654 bits per heavy atom. The number of nitrogens with zero attached hydrogens (tertiary/aromatic N) is 1. The summed E-state index contributed by atoms with van der Waals surface area (Å²) in [4.78, 5) is 35.8. The molecule has 0 aliphatic carbocycles. The molecule has 2 unspecified atom stereocenters. The molecule has 0 amide bonds. The molecule has 0 aliphatic heterocycles. The molecule has 0 aliphatic rings. The van der Waals surface area contributed by atoms with Crippen molar-refractivity contribution in [2.24, 2.45) is 0 Å². The van der Waals surface area contributed by atoms with E-state index in [2.05, 4.69) is 26.0 Å². The molecular formula is C68H135NO8P+. The third kappa shape index (κ3) is 63.9. The predicted molar refractivity (Wildman–Crippen MR) is 335 cm³/mol. The molecule has 1 N–H and O–H groups in total. The summed E-state index contributed by atoms with van der Waals surface area (Å²) < 4.78 is 34.7. The number of hydrogen-bond donors (Lipinski definition) is 1. The zero-order valence-electron chi connectivity index (χ0n) is 52.9. The van der Waals surface area contributed by atoms with Gasteiger partial charge in [-0.15, -0.1) is 0 Å². The fourth-order valence-electron chi connectivity index (χ4n) is 10.5. The zero-order valence-corrected chi connectivity index (χ0v) is 53.8. The van der Waals surface area contributed by atoms with Crippen LogP contribution in [0.25, 0.3) is 0 Å². The maximum Gasteiger partial charge on any atom is 0.472 e. The molecule has 0 aromatic rings. The first-order chi connectivity index (χ1) is 38.0. The topological polar surface area (TPSA) is 108 Å². The van der Waals surface area contributed by atoms with Crippen LogP contribution in [0.1, 0.15) is 361 Å². The molecule has 0 saturated carbocycles. The molecular weight excluding hydrogens is 990 g/mol. The minimum absolute atomic E-state index is 0.0368. The average Bonchev–Trinajstić information content (AvgIpc) is 3.41. The second-order valence-corrected chi connectivity index (χ2v) is 26.4. The Morgan fingerprint density at radius 1 is 0.385 bits per heavy atom. The summed E-state index contributed by atoms with van der Waals surface area (Å²) in [5.74, 6) is -0.771. The van der Waals surface area contributed by atoms with Crippen LogP contribution < -0.4 is 0 Å². The van der Waals surface area contributed by atoms with Crippen molar-refractivity contribution in [1.82, 2.24) is 0 Å². The van der Waals surface area contributed by atoms with Gasteiger partial charge in [0, 0.05) is 12.8 Å². The van der Waals surface area contributed by atoms with E-state index in [-0.39, 0.29) is 25.6 Å². The van der Waals surface area contributed by atoms with Gasteiger partial charge in [-0.3, -0.25) is 18.6 Å². The fraction of sp³-hybridized carbons (Fsp3) is 0.941. The highest BCUT2D eigenvalue weighted by Crippen LogP contribution is 2.43. The van der Waals surface area contributed by atoms with Crippen LogP contribution >= 0.6 is 7.82 Å². The molecule has 0 aromatic carbocycles. The van der Waals surface area contributed by atoms with Crippen LogP contribution in [0.15, 0.2) is 12.2 Å². The van der Waals surface area contributed by atoms with Crippen molar-refractivity contribution in [2.75, 3.05) is 47.5 Å². The van der Waals surface area contributed by atoms with Crippen LogP contribution in [0, 0.1) is 0 Å². The van der Waals surface area contributed by atoms with Crippen molar-refractivity contribution in [1.29, 1.82) is 0 Å². The highest BCUT2D eigenvalue weighted by molar-refractivity contribution is 7.47. The lowest BCUT2D eigenvalue weighted by molar-refractivity contribution is -0.870. The minimum atomic E-state index is -4.38. The van der Waals surface area contributed by atoms with Crippen LogP contribution in [0.5, 0.6) is 0 Å². The van der Waals surface area contributed by atoms with Crippen LogP contribution in [0.4, 0.5) is 0 Å². The SMILES string of the molecule is CCCCCCCCCC/C=C\CCCCCCCCCCCCCCCCCCCCCCCCCC(=O)OC(COC(=O)CCCCCCCCCCCCCCCCCCCCC)COP(=O)(O)OCC[N+](C)(C)C. The number of likely N-dealkylation sites (N-methyl/N-ethyl adjacent to an activating group) is 1. The van der Waals surface area contributed by atoms with Gasteiger partial charge in [0.15, 0.2) is 6.10 Å². The first kappa shape index (κ1) is 76.8. The molecule has 0 bridgehead atoms. The third-order valence-corrected chi connectivity index (χ3v) is 16.8. The summed E-state index contributed by atoms with van der Waals surface area (Å²) in [6.45, 7) is 4.51. The summed E-state index contributed by atoms with van der Waals surface area (Å²) in [6, 6.07) is 0. The van der Waals surface area contributed by atoms with E-state index in [4.69, 9.17) is 18.5 Å². The highest BCUT2D eigenvalue weighted by Gasteiger charge is 2.27. The zero-order chi connectivity index (χ0) is 57.0. The van der Waals surface area contributed by atoms with Gasteiger partial charge >= 0.3 is 19.8 Å². The molecule has 10 heteroatoms. The predicted octanol–water partition coefficient (Wildman–Crippen LogP) is 21.9. The second-order valence-electron chi connectivity index (χ2n) is 24.9. The van der Waals surface area contributed by atoms with Gasteiger partial charge in [0.25, 0.3) is 0 Å². The number of phosphoric acid groups is 1. The summed E-state index contributed by atoms with van der Waals surface area (Å²) in [5.41, 5.74) is 0. The molecule has 0 spiro atoms. The molecule has 0 aromatic heterocycles. The molecule has 2 atom stereocenters. The molecule has 0 rings (SSSR count). The molecule has 78 heavy (non-hydrogen) atoms. The Labute approximate surface area is 486 Å². The van der Waals surface area contributed by atoms with Gasteiger partial charge in [0.05, 0.1) is 27.7 Å². The number of allylic oxidation sites excluding steroid dienone is 2. The molecule has 0 fully saturated rings. The normalized spacial score (nSPS) is 13.2. The minimum Gasteiger partial charge on any atom is -0.462 e. The Kier molecular flexibility index (Phi) is 59.4. The second kappa shape index (κ2) is 60.3. The van der Waals surface area contributed by atoms with Crippen LogP contribution in [0.2, 0.25) is 0 Å². The van der Waals surface area contributed by atoms with E-state index >= 15 is 0 Å². The lowest BCUT2D eigenvalue weighted by Gasteiger charge is -2.24. The number of esters is 2. The van der Waals surface area contributed by atoms with Gasteiger partial charge < -0.3 is 18.9 Å². The maximum absolute atomic E-state index is 12.9. The van der Waals surface area contributed by atoms with Gasteiger partial charge in [0.1, 0.15) is 19.8 Å². The number of ether oxygens (including phenoxy) is 2. The van der Waals surface area contributed by atoms with Crippen molar-refractivity contribution >= 4 is 19.8 Å². The number of carbonyl (C=O) groups excluding carboxylic acids is 2. The van der Waals surface area contributed by atoms with E-state index in [1.54, 1.807) is 0 Å². The number of carbonyl (C=O) groups is 2. The molecule has 0 radical (unpaired) electrons. The smallest absolute Gasteiger partial charge is 0.462 e. The van der Waals surface area contributed by atoms with E-state index in [1.165, 1.54) is 295 Å². The number of quaternary nitrogens is 1. The lowest BCUT2D eigenvalue weighted by Crippen LogP contribution is -2.37. The average molecular weight is 1130 g/mol. The highest BCUT2D eigenvalue weighted by atomic mass is 31.2. The standard InChI is InChI=1S/C68H134NO8P/c1-6-8-10-12-14-16-18-20-22-24-26-27-28-29-30-31-32-33-34-35-36-37-38-39-40-41-43-45-47-49-51-53-55-57-59-61-68(71)77-66(65-76-78(72,73)75-63-62-69(3,4)5)64-74-67(70)60-58-56-54-52-50-48-46-44-42-25-23-21-19-17-15-13-11-9-7-2/h24,26,66H,6-23,25,27-65H2,1-5H3/p+1/b26-24-. The largest absolute Gasteiger partial charge is 0.472 e. The van der Waals surface area contributed by atoms with Crippen LogP contribution in [-0.2, 0) is 32.7 Å². The van der Waals surface area contributed by atoms with Gasteiger partial charge in [-0.25, -0.2) is 4.57 Å². The summed E-state index contributed by atoms with van der Waals surface area (Å²) >= 11 is 0. The number of hydrogen-bond acceptors (Lipinski definition) is 7. The van der Waals surface area contributed by atoms with Crippen LogP contribution in [-0.4, -0.2) is 74.9 Å². The van der Waals surface area contributed by atoms with Crippen LogP contribution in [0.3, 0.4) is 0 Å². The van der Waals surface area contributed by atoms with E-state index < -0.39 is 26.5 Å². The van der Waals surface area contributed by atoms with Gasteiger partial charge in [-0.05, 0) is 38.5 Å². The molecule has 9 nitrogen and oxygen atoms in total. The Balaban J connectivity index is 3.93. The van der Waals surface area contributed by atoms with Gasteiger partial charge in [-0.2, -0.15) is 0 Å². The summed E-state index contributed by atoms with van der Waals surface area (Å²) in [7, 11) is 1.50. The number of phosphoric ester groups is 1. The van der Waals surface area contributed by atoms with E-state index in [0.29, 0.717) is 17.4 Å². The van der Waals surface area contributed by atoms with E-state index in [0.717, 1.165) is 38.5 Å². The van der Waals surface area contributed by atoms with E-state index in [9.17, 15) is 19.0 Å². The lowest BCUT2D eigenvalue weighted by atomic mass is 10.0. The molecule has 0 heterocycles. The van der Waals surface area contributed by atoms with Crippen molar-refractivity contribution in [3.05, 3.63) is 12.2 Å². The molecule has 464 valence electrons. The fourth-order valence-corrected chi connectivity index (χ4v) is 11.2. The first-order valence-electron chi connectivity index (χ1n) is 34.4. The Bertz CT molecular complexity index is 1320. The number of rotatable bonds is 65. The Hall–Kier alpha value is -1.25. The van der Waals surface area contributed by atoms with E-state index in [1.807, 2.05) is 21.1 Å². The van der Waals surface area contributed by atoms with Crippen molar-refractivity contribution in [3.63, 3.8) is 0 Å². The van der Waals surface area contributed by atoms with Gasteiger partial charge in [-0.1, -0.05) is 321 Å². The maximum atomic E-state index is 12.9. The van der Waals surface area contributed by atoms with Crippen molar-refractivity contribution in [2.45, 2.75) is 367 Å². The first-order valence-corrected chi connectivity index (χ1v) is 35.9. The molecule has 0 saturated heterocycles. The monoisotopic (exact) mass is 1120 g/mol. The summed E-state index contributed by atoms with van der Waals surface area (Å²) in [5, 5.41) is 0. The third-order valence-electron chi connectivity index (χ3n) is 15.8. The number of unbranched alkanes of at least 4 members (excludes halogenated alkanes) is 49.